The van der Waals surface area contributed by atoms with Crippen molar-refractivity contribution in [1.82, 2.24) is 15.0 Å². The minimum Gasteiger partial charge on any atom is -0.396 e. The van der Waals surface area contributed by atoms with Gasteiger partial charge in [-0.1, -0.05) is 18.2 Å². The summed E-state index contributed by atoms with van der Waals surface area (Å²) in [5, 5.41) is 10.2. The Kier molecular flexibility index (Phi) is 6.65. The Morgan fingerprint density at radius 2 is 1.64 bits per heavy atom. The van der Waals surface area contributed by atoms with Crippen molar-refractivity contribution in [3.8, 4) is 11.3 Å². The minimum atomic E-state index is -4.52. The number of primary sulfonamides is 1. The molecule has 9 nitrogen and oxygen atoms in total. The molecule has 36 heavy (non-hydrogen) atoms. The average molecular weight is 522 g/mol. The standard InChI is InChI=1S/C22H19F4N7O2S/c23-15-9-13(3-6-16(15)27)17-7-8-18-19(31-17)20(30-11-22(24,25)26)33-21(32-18)29-10-12-1-4-14(5-2-12)36(28,34)35/h1-9H,10-11,27H2,(H2,28,34,35)(H2,29,30,32,33). The van der Waals surface area contributed by atoms with Crippen molar-refractivity contribution in [2.75, 3.05) is 22.9 Å². The predicted octanol–water partition coefficient (Wildman–Crippen LogP) is 3.65. The molecule has 0 spiro atoms. The Morgan fingerprint density at radius 3 is 2.28 bits per heavy atom. The molecule has 14 heteroatoms. The Morgan fingerprint density at radius 1 is 0.917 bits per heavy atom. The molecule has 0 saturated carbocycles. The van der Waals surface area contributed by atoms with Crippen LogP contribution < -0.4 is 21.5 Å². The number of nitrogens with zero attached hydrogens (tertiary/aromatic N) is 3. The van der Waals surface area contributed by atoms with Crippen LogP contribution in [0.2, 0.25) is 0 Å². The number of nitrogens with two attached hydrogens (primary N) is 2. The van der Waals surface area contributed by atoms with Crippen molar-refractivity contribution in [3.63, 3.8) is 0 Å². The summed E-state index contributed by atoms with van der Waals surface area (Å²) >= 11 is 0. The monoisotopic (exact) mass is 521 g/mol. The number of anilines is 3. The van der Waals surface area contributed by atoms with Gasteiger partial charge in [-0.3, -0.25) is 0 Å². The summed E-state index contributed by atoms with van der Waals surface area (Å²) in [6.07, 6.45) is -4.52. The van der Waals surface area contributed by atoms with Crippen LogP contribution in [-0.2, 0) is 16.6 Å². The van der Waals surface area contributed by atoms with Gasteiger partial charge in [0.2, 0.25) is 16.0 Å². The molecular weight excluding hydrogens is 502 g/mol. The fraction of sp³-hybridized carbons (Fsp3) is 0.136. The van der Waals surface area contributed by atoms with Gasteiger partial charge < -0.3 is 16.4 Å². The summed E-state index contributed by atoms with van der Waals surface area (Å²) in [5.41, 5.74) is 7.05. The van der Waals surface area contributed by atoms with Crippen LogP contribution in [0.4, 0.5) is 35.0 Å². The molecule has 0 aliphatic carbocycles. The number of rotatable bonds is 7. The molecule has 2 aromatic carbocycles. The first kappa shape index (κ1) is 25.1. The lowest BCUT2D eigenvalue weighted by molar-refractivity contribution is -0.115. The van der Waals surface area contributed by atoms with E-state index in [9.17, 15) is 26.0 Å². The molecule has 4 rings (SSSR count). The number of benzene rings is 2. The van der Waals surface area contributed by atoms with E-state index in [0.717, 1.165) is 0 Å². The highest BCUT2D eigenvalue weighted by atomic mass is 32.2. The average Bonchev–Trinajstić information content (AvgIpc) is 2.82. The van der Waals surface area contributed by atoms with Crippen molar-refractivity contribution >= 4 is 38.5 Å². The van der Waals surface area contributed by atoms with Crippen molar-refractivity contribution < 1.29 is 26.0 Å². The molecule has 0 radical (unpaired) electrons. The lowest BCUT2D eigenvalue weighted by Gasteiger charge is -2.14. The Bertz CT molecular complexity index is 1530. The van der Waals surface area contributed by atoms with Gasteiger partial charge in [-0.25, -0.2) is 27.9 Å². The zero-order valence-corrected chi connectivity index (χ0v) is 19.2. The minimum absolute atomic E-state index is 0.00998. The topological polar surface area (TPSA) is 149 Å². The molecule has 2 aromatic heterocycles. The van der Waals surface area contributed by atoms with Crippen molar-refractivity contribution in [3.05, 3.63) is 66.0 Å². The molecular formula is C22H19F4N7O2S. The molecule has 0 saturated heterocycles. The fourth-order valence-electron chi connectivity index (χ4n) is 3.23. The number of fused-ring (bicyclic) bond motifs is 1. The Labute approximate surface area is 202 Å². The van der Waals surface area contributed by atoms with E-state index in [1.807, 2.05) is 0 Å². The quantitative estimate of drug-likeness (QED) is 0.213. The third-order valence-electron chi connectivity index (χ3n) is 5.00. The van der Waals surface area contributed by atoms with Gasteiger partial charge in [0.25, 0.3) is 0 Å². The maximum absolute atomic E-state index is 13.9. The molecule has 4 aromatic rings. The molecule has 2 heterocycles. The second-order valence-corrected chi connectivity index (χ2v) is 9.27. The maximum atomic E-state index is 13.9. The molecule has 0 bridgehead atoms. The number of halogens is 4. The van der Waals surface area contributed by atoms with Gasteiger partial charge in [0.1, 0.15) is 17.9 Å². The van der Waals surface area contributed by atoms with Crippen LogP contribution in [0.15, 0.2) is 59.5 Å². The van der Waals surface area contributed by atoms with Crippen LogP contribution in [0.25, 0.3) is 22.3 Å². The summed E-state index contributed by atoms with van der Waals surface area (Å²) in [7, 11) is -3.84. The number of hydrogen-bond donors (Lipinski definition) is 4. The molecule has 0 amide bonds. The molecule has 0 aliphatic heterocycles. The second-order valence-electron chi connectivity index (χ2n) is 7.71. The number of sulfonamides is 1. The van der Waals surface area contributed by atoms with Crippen LogP contribution in [0.5, 0.6) is 0 Å². The van der Waals surface area contributed by atoms with Gasteiger partial charge in [0.15, 0.2) is 5.82 Å². The number of nitrogens with one attached hydrogen (secondary N) is 2. The zero-order chi connectivity index (χ0) is 26.1. The lowest BCUT2D eigenvalue weighted by atomic mass is 10.1. The summed E-state index contributed by atoms with van der Waals surface area (Å²) in [6.45, 7) is -1.22. The van der Waals surface area contributed by atoms with Crippen LogP contribution in [0.3, 0.4) is 0 Å². The fourth-order valence-corrected chi connectivity index (χ4v) is 3.74. The van der Waals surface area contributed by atoms with Crippen LogP contribution in [0, 0.1) is 5.82 Å². The first-order chi connectivity index (χ1) is 16.9. The molecule has 0 aliphatic rings. The van der Waals surface area contributed by atoms with Gasteiger partial charge in [0.05, 0.1) is 21.8 Å². The zero-order valence-electron chi connectivity index (χ0n) is 18.3. The van der Waals surface area contributed by atoms with Crippen LogP contribution in [0.1, 0.15) is 5.56 Å². The van der Waals surface area contributed by atoms with E-state index in [-0.39, 0.29) is 45.6 Å². The summed E-state index contributed by atoms with van der Waals surface area (Å²) < 4.78 is 75.4. The highest BCUT2D eigenvalue weighted by molar-refractivity contribution is 7.89. The second kappa shape index (κ2) is 9.54. The smallest absolute Gasteiger partial charge is 0.396 e. The molecule has 0 atom stereocenters. The van der Waals surface area contributed by atoms with E-state index in [4.69, 9.17) is 10.9 Å². The highest BCUT2D eigenvalue weighted by Gasteiger charge is 2.27. The maximum Gasteiger partial charge on any atom is 0.405 e. The third kappa shape index (κ3) is 5.95. The van der Waals surface area contributed by atoms with Gasteiger partial charge in [0, 0.05) is 12.1 Å². The molecule has 188 valence electrons. The Hall–Kier alpha value is -4.04. The Balaban J connectivity index is 1.66. The SMILES string of the molecule is Nc1ccc(-c2ccc3nc(NCc4ccc(S(N)(=O)=O)cc4)nc(NCC(F)(F)F)c3n2)cc1F. The van der Waals surface area contributed by atoms with Crippen LogP contribution >= 0.6 is 0 Å². The largest absolute Gasteiger partial charge is 0.405 e. The normalized spacial score (nSPS) is 12.0. The van der Waals surface area contributed by atoms with E-state index in [2.05, 4.69) is 25.6 Å². The van der Waals surface area contributed by atoms with Gasteiger partial charge in [-0.15, -0.1) is 0 Å². The number of hydrogen-bond acceptors (Lipinski definition) is 8. The third-order valence-corrected chi connectivity index (χ3v) is 5.93. The predicted molar refractivity (Wildman–Crippen MR) is 127 cm³/mol. The van der Waals surface area contributed by atoms with E-state index in [1.54, 1.807) is 6.07 Å². The molecule has 6 N–H and O–H groups in total. The van der Waals surface area contributed by atoms with Gasteiger partial charge >= 0.3 is 6.18 Å². The summed E-state index contributed by atoms with van der Waals surface area (Å²) in [4.78, 5) is 12.7. The van der Waals surface area contributed by atoms with Crippen molar-refractivity contribution in [1.29, 1.82) is 0 Å². The molecule has 0 fully saturated rings. The number of aromatic nitrogens is 3. The van der Waals surface area contributed by atoms with Crippen LogP contribution in [-0.4, -0.2) is 36.1 Å². The molecule has 0 unspecified atom stereocenters. The van der Waals surface area contributed by atoms with E-state index < -0.39 is 28.6 Å². The number of alkyl halides is 3. The van der Waals surface area contributed by atoms with Crippen molar-refractivity contribution in [2.45, 2.75) is 17.6 Å². The number of nitrogen functional groups attached to an aromatic ring is 1. The van der Waals surface area contributed by atoms with E-state index >= 15 is 0 Å². The van der Waals surface area contributed by atoms with E-state index in [0.29, 0.717) is 11.1 Å². The van der Waals surface area contributed by atoms with Gasteiger partial charge in [-0.05, 0) is 42.0 Å². The lowest BCUT2D eigenvalue weighted by Crippen LogP contribution is -2.22. The van der Waals surface area contributed by atoms with E-state index in [1.165, 1.54) is 48.5 Å². The van der Waals surface area contributed by atoms with Gasteiger partial charge in [-0.2, -0.15) is 18.2 Å². The summed E-state index contributed by atoms with van der Waals surface area (Å²) in [6, 6.07) is 12.8. The number of pyridine rings is 1. The summed E-state index contributed by atoms with van der Waals surface area (Å²) in [5.74, 6) is -0.823. The highest BCUT2D eigenvalue weighted by Crippen LogP contribution is 2.28. The first-order valence-corrected chi connectivity index (χ1v) is 11.8. The first-order valence-electron chi connectivity index (χ1n) is 10.3. The van der Waals surface area contributed by atoms with Crippen molar-refractivity contribution in [2.24, 2.45) is 5.14 Å².